The van der Waals surface area contributed by atoms with Crippen molar-refractivity contribution < 1.29 is 9.26 Å². The molecule has 1 aromatic heterocycles. The van der Waals surface area contributed by atoms with E-state index >= 15 is 0 Å². The van der Waals surface area contributed by atoms with Crippen molar-refractivity contribution in [3.63, 3.8) is 0 Å². The van der Waals surface area contributed by atoms with Gasteiger partial charge in [-0.1, -0.05) is 66.5 Å². The fourth-order valence-electron chi connectivity index (χ4n) is 2.85. The summed E-state index contributed by atoms with van der Waals surface area (Å²) >= 11 is 12.6. The van der Waals surface area contributed by atoms with Crippen LogP contribution in [0.5, 0.6) is 5.75 Å². The first-order chi connectivity index (χ1) is 12.6. The van der Waals surface area contributed by atoms with Crippen molar-refractivity contribution >= 4 is 23.2 Å². The number of nitrogens with zero attached hydrogens (tertiary/aromatic N) is 1. The van der Waals surface area contributed by atoms with E-state index in [9.17, 15) is 0 Å². The zero-order valence-electron chi connectivity index (χ0n) is 14.8. The third kappa shape index (κ3) is 4.40. The number of ether oxygens (including phenoxy) is 1. The molecule has 0 fully saturated rings. The van der Waals surface area contributed by atoms with E-state index in [0.29, 0.717) is 29.5 Å². The van der Waals surface area contributed by atoms with Crippen LogP contribution in [0.2, 0.25) is 10.0 Å². The second-order valence-corrected chi connectivity index (χ2v) is 7.24. The molecule has 0 saturated carbocycles. The minimum atomic E-state index is 0.231. The first kappa shape index (κ1) is 18.8. The zero-order chi connectivity index (χ0) is 18.5. The van der Waals surface area contributed by atoms with E-state index in [1.54, 1.807) is 0 Å². The van der Waals surface area contributed by atoms with E-state index in [0.717, 1.165) is 28.3 Å². The molecular formula is C21H21Cl2NO2. The molecule has 5 heteroatoms. The molecule has 0 amide bonds. The molecule has 0 spiro atoms. The van der Waals surface area contributed by atoms with E-state index in [-0.39, 0.29) is 5.92 Å². The van der Waals surface area contributed by atoms with Crippen molar-refractivity contribution in [1.29, 1.82) is 0 Å². The summed E-state index contributed by atoms with van der Waals surface area (Å²) in [6.07, 6.45) is 1.38. The lowest BCUT2D eigenvalue weighted by Crippen LogP contribution is -2.04. The SMILES string of the molecule is CC(C)c1onc(CCc2c(Cl)cccc2Cl)c1COc1ccccc1. The van der Waals surface area contributed by atoms with Crippen molar-refractivity contribution in [2.45, 2.75) is 39.2 Å². The van der Waals surface area contributed by atoms with E-state index in [1.165, 1.54) is 0 Å². The number of hydrogen-bond acceptors (Lipinski definition) is 3. The smallest absolute Gasteiger partial charge is 0.146 e. The van der Waals surface area contributed by atoms with Gasteiger partial charge in [0, 0.05) is 16.0 Å². The maximum atomic E-state index is 6.28. The lowest BCUT2D eigenvalue weighted by atomic mass is 10.0. The highest BCUT2D eigenvalue weighted by molar-refractivity contribution is 6.35. The Bertz CT molecular complexity index is 839. The van der Waals surface area contributed by atoms with Crippen molar-refractivity contribution in [1.82, 2.24) is 5.16 Å². The summed E-state index contributed by atoms with van der Waals surface area (Å²) in [6.45, 7) is 4.59. The molecule has 0 aliphatic heterocycles. The molecule has 0 atom stereocenters. The number of rotatable bonds is 7. The zero-order valence-corrected chi connectivity index (χ0v) is 16.3. The molecule has 0 aliphatic rings. The van der Waals surface area contributed by atoms with Crippen LogP contribution in [0.1, 0.15) is 42.3 Å². The molecule has 3 nitrogen and oxygen atoms in total. The van der Waals surface area contributed by atoms with E-state index in [1.807, 2.05) is 48.5 Å². The third-order valence-corrected chi connectivity index (χ3v) is 4.93. The van der Waals surface area contributed by atoms with Gasteiger partial charge in [-0.05, 0) is 42.7 Å². The van der Waals surface area contributed by atoms with Gasteiger partial charge in [-0.15, -0.1) is 0 Å². The standard InChI is InChI=1S/C21H21Cl2NO2/c1-14(2)21-17(13-25-15-7-4-3-5-8-15)20(24-26-21)12-11-16-18(22)9-6-10-19(16)23/h3-10,14H,11-13H2,1-2H3. The quantitative estimate of drug-likeness (QED) is 0.464. The lowest BCUT2D eigenvalue weighted by Gasteiger charge is -2.10. The lowest BCUT2D eigenvalue weighted by molar-refractivity contribution is 0.298. The summed E-state index contributed by atoms with van der Waals surface area (Å²) in [6, 6.07) is 15.3. The third-order valence-electron chi connectivity index (χ3n) is 4.22. The van der Waals surface area contributed by atoms with Gasteiger partial charge in [0.05, 0.1) is 11.3 Å². The average Bonchev–Trinajstić information content (AvgIpc) is 3.03. The van der Waals surface area contributed by atoms with Gasteiger partial charge in [0.25, 0.3) is 0 Å². The minimum Gasteiger partial charge on any atom is -0.489 e. The predicted molar refractivity (Wildman–Crippen MR) is 105 cm³/mol. The largest absolute Gasteiger partial charge is 0.489 e. The highest BCUT2D eigenvalue weighted by atomic mass is 35.5. The molecule has 26 heavy (non-hydrogen) atoms. The molecule has 0 unspecified atom stereocenters. The molecule has 3 aromatic rings. The van der Waals surface area contributed by atoms with Crippen molar-refractivity contribution in [3.8, 4) is 5.75 Å². The number of aryl methyl sites for hydroxylation is 1. The summed E-state index contributed by atoms with van der Waals surface area (Å²) in [5.41, 5.74) is 2.83. The van der Waals surface area contributed by atoms with Crippen molar-refractivity contribution in [2.24, 2.45) is 0 Å². The normalized spacial score (nSPS) is 11.1. The summed E-state index contributed by atoms with van der Waals surface area (Å²) in [7, 11) is 0. The molecular weight excluding hydrogens is 369 g/mol. The summed E-state index contributed by atoms with van der Waals surface area (Å²) in [5.74, 6) is 1.92. The Morgan fingerprint density at radius 1 is 0.923 bits per heavy atom. The molecule has 0 saturated heterocycles. The monoisotopic (exact) mass is 389 g/mol. The molecule has 136 valence electrons. The Morgan fingerprint density at radius 3 is 2.27 bits per heavy atom. The molecule has 1 heterocycles. The van der Waals surface area contributed by atoms with Crippen molar-refractivity contribution in [3.05, 3.63) is 81.2 Å². The second kappa shape index (κ2) is 8.61. The van der Waals surface area contributed by atoms with Gasteiger partial charge in [0.1, 0.15) is 18.1 Å². The number of benzene rings is 2. The maximum absolute atomic E-state index is 6.28. The molecule has 0 N–H and O–H groups in total. The molecule has 0 bridgehead atoms. The molecule has 2 aromatic carbocycles. The van der Waals surface area contributed by atoms with Gasteiger partial charge in [-0.2, -0.15) is 0 Å². The Kier molecular flexibility index (Phi) is 6.23. The summed E-state index contributed by atoms with van der Waals surface area (Å²) in [4.78, 5) is 0. The Balaban J connectivity index is 1.78. The maximum Gasteiger partial charge on any atom is 0.146 e. The van der Waals surface area contributed by atoms with Crippen LogP contribution in [0.25, 0.3) is 0 Å². The van der Waals surface area contributed by atoms with E-state index < -0.39 is 0 Å². The average molecular weight is 390 g/mol. The van der Waals surface area contributed by atoms with Crippen LogP contribution in [0, 0.1) is 0 Å². The number of halogens is 2. The van der Waals surface area contributed by atoms with Crippen LogP contribution in [0.15, 0.2) is 53.1 Å². The van der Waals surface area contributed by atoms with Gasteiger partial charge in [-0.3, -0.25) is 0 Å². The van der Waals surface area contributed by atoms with Crippen LogP contribution in [0.3, 0.4) is 0 Å². The summed E-state index contributed by atoms with van der Waals surface area (Å²) in [5, 5.41) is 5.63. The number of para-hydroxylation sites is 1. The number of hydrogen-bond donors (Lipinski definition) is 0. The highest BCUT2D eigenvalue weighted by Crippen LogP contribution is 2.28. The Morgan fingerprint density at radius 2 is 1.62 bits per heavy atom. The van der Waals surface area contributed by atoms with Gasteiger partial charge in [0.15, 0.2) is 0 Å². The highest BCUT2D eigenvalue weighted by Gasteiger charge is 2.20. The van der Waals surface area contributed by atoms with Gasteiger partial charge in [-0.25, -0.2) is 0 Å². The van der Waals surface area contributed by atoms with Gasteiger partial charge < -0.3 is 9.26 Å². The first-order valence-corrected chi connectivity index (χ1v) is 9.40. The topological polar surface area (TPSA) is 35.3 Å². The van der Waals surface area contributed by atoms with Crippen LogP contribution in [0.4, 0.5) is 0 Å². The minimum absolute atomic E-state index is 0.231. The molecule has 3 rings (SSSR count). The predicted octanol–water partition coefficient (Wildman–Crippen LogP) is 6.47. The van der Waals surface area contributed by atoms with Crippen LogP contribution >= 0.6 is 23.2 Å². The number of aromatic nitrogens is 1. The van der Waals surface area contributed by atoms with Crippen LogP contribution < -0.4 is 4.74 Å². The molecule has 0 aliphatic carbocycles. The second-order valence-electron chi connectivity index (χ2n) is 6.43. The Labute approximate surface area is 163 Å². The van der Waals surface area contributed by atoms with Crippen LogP contribution in [-0.4, -0.2) is 5.16 Å². The summed E-state index contributed by atoms with van der Waals surface area (Å²) < 4.78 is 11.5. The van der Waals surface area contributed by atoms with Crippen LogP contribution in [-0.2, 0) is 19.4 Å². The Hall–Kier alpha value is -1.97. The van der Waals surface area contributed by atoms with E-state index in [2.05, 4.69) is 19.0 Å². The fourth-order valence-corrected chi connectivity index (χ4v) is 3.43. The fraction of sp³-hybridized carbons (Fsp3) is 0.286. The van der Waals surface area contributed by atoms with Gasteiger partial charge >= 0.3 is 0 Å². The first-order valence-electron chi connectivity index (χ1n) is 8.64. The molecule has 0 radical (unpaired) electrons. The van der Waals surface area contributed by atoms with Crippen molar-refractivity contribution in [2.75, 3.05) is 0 Å². The van der Waals surface area contributed by atoms with Gasteiger partial charge in [0.2, 0.25) is 0 Å². The van der Waals surface area contributed by atoms with E-state index in [4.69, 9.17) is 32.5 Å².